The van der Waals surface area contributed by atoms with Crippen molar-refractivity contribution in [1.82, 2.24) is 4.90 Å². The molecule has 0 unspecified atom stereocenters. The summed E-state index contributed by atoms with van der Waals surface area (Å²) < 4.78 is 5.54. The molecule has 4 nitrogen and oxygen atoms in total. The van der Waals surface area contributed by atoms with Crippen LogP contribution in [-0.2, 0) is 4.79 Å². The molecule has 0 aromatic heterocycles. The number of hydrogen-bond acceptors (Lipinski definition) is 3. The van der Waals surface area contributed by atoms with E-state index in [1.165, 1.54) is 0 Å². The first kappa shape index (κ1) is 15.6. The van der Waals surface area contributed by atoms with Crippen molar-refractivity contribution in [2.75, 3.05) is 19.7 Å². The SMILES string of the molecule is O=C(COc1cccc(Cl)c1)N1CCC[C@@]2(CCC[C@H]2O)C1. The lowest BCUT2D eigenvalue weighted by Gasteiger charge is -2.42. The molecule has 5 heteroatoms. The molecule has 1 heterocycles. The van der Waals surface area contributed by atoms with E-state index in [1.807, 2.05) is 4.90 Å². The smallest absolute Gasteiger partial charge is 0.260 e. The highest BCUT2D eigenvalue weighted by molar-refractivity contribution is 6.30. The molecule has 120 valence electrons. The maximum atomic E-state index is 12.4. The zero-order valence-corrected chi connectivity index (χ0v) is 13.4. The molecule has 1 aliphatic carbocycles. The van der Waals surface area contributed by atoms with E-state index in [0.29, 0.717) is 17.3 Å². The van der Waals surface area contributed by atoms with Crippen LogP contribution in [0.4, 0.5) is 0 Å². The van der Waals surface area contributed by atoms with Crippen molar-refractivity contribution >= 4 is 17.5 Å². The first-order valence-corrected chi connectivity index (χ1v) is 8.31. The lowest BCUT2D eigenvalue weighted by atomic mass is 9.76. The van der Waals surface area contributed by atoms with Crippen molar-refractivity contribution in [3.8, 4) is 5.75 Å². The molecule has 0 radical (unpaired) electrons. The van der Waals surface area contributed by atoms with E-state index in [4.69, 9.17) is 16.3 Å². The fourth-order valence-electron chi connectivity index (χ4n) is 3.76. The Morgan fingerprint density at radius 3 is 2.95 bits per heavy atom. The Morgan fingerprint density at radius 1 is 1.41 bits per heavy atom. The Balaban J connectivity index is 1.58. The van der Waals surface area contributed by atoms with Gasteiger partial charge in [-0.3, -0.25) is 4.79 Å². The minimum Gasteiger partial charge on any atom is -0.484 e. The molecule has 0 bridgehead atoms. The number of aliphatic hydroxyl groups excluding tert-OH is 1. The number of ether oxygens (including phenoxy) is 1. The maximum absolute atomic E-state index is 12.4. The Hall–Kier alpha value is -1.26. The zero-order chi connectivity index (χ0) is 15.6. The number of carbonyl (C=O) groups excluding carboxylic acids is 1. The van der Waals surface area contributed by atoms with Crippen LogP contribution >= 0.6 is 11.6 Å². The number of benzene rings is 1. The maximum Gasteiger partial charge on any atom is 0.260 e. The van der Waals surface area contributed by atoms with Gasteiger partial charge in [0.05, 0.1) is 6.10 Å². The molecular weight excluding hydrogens is 302 g/mol. The van der Waals surface area contributed by atoms with Gasteiger partial charge in [-0.15, -0.1) is 0 Å². The summed E-state index contributed by atoms with van der Waals surface area (Å²) in [5.74, 6) is 0.589. The van der Waals surface area contributed by atoms with Gasteiger partial charge in [0.1, 0.15) is 5.75 Å². The zero-order valence-electron chi connectivity index (χ0n) is 12.6. The minimum atomic E-state index is -0.267. The highest BCUT2D eigenvalue weighted by Gasteiger charge is 2.45. The number of hydrogen-bond donors (Lipinski definition) is 1. The monoisotopic (exact) mass is 323 g/mol. The largest absolute Gasteiger partial charge is 0.484 e. The number of carbonyl (C=O) groups is 1. The predicted octanol–water partition coefficient (Wildman–Crippen LogP) is 2.87. The molecule has 2 atom stereocenters. The third-order valence-electron chi connectivity index (χ3n) is 4.98. The lowest BCUT2D eigenvalue weighted by molar-refractivity contribution is -0.138. The number of nitrogens with zero attached hydrogens (tertiary/aromatic N) is 1. The molecular formula is C17H22ClNO3. The van der Waals surface area contributed by atoms with E-state index in [9.17, 15) is 9.90 Å². The molecule has 1 saturated heterocycles. The van der Waals surface area contributed by atoms with E-state index < -0.39 is 0 Å². The Morgan fingerprint density at radius 2 is 2.23 bits per heavy atom. The van der Waals surface area contributed by atoms with Gasteiger partial charge in [-0.05, 0) is 43.9 Å². The van der Waals surface area contributed by atoms with Gasteiger partial charge in [0.25, 0.3) is 5.91 Å². The summed E-state index contributed by atoms with van der Waals surface area (Å²) in [6.45, 7) is 1.44. The van der Waals surface area contributed by atoms with Crippen LogP contribution in [0.1, 0.15) is 32.1 Å². The first-order chi connectivity index (χ1) is 10.6. The minimum absolute atomic E-state index is 0.0156. The van der Waals surface area contributed by atoms with Crippen LogP contribution in [-0.4, -0.2) is 41.7 Å². The van der Waals surface area contributed by atoms with Crippen molar-refractivity contribution in [3.05, 3.63) is 29.3 Å². The lowest BCUT2D eigenvalue weighted by Crippen LogP contribution is -2.50. The van der Waals surface area contributed by atoms with Crippen LogP contribution in [0, 0.1) is 5.41 Å². The summed E-state index contributed by atoms with van der Waals surface area (Å²) in [6, 6.07) is 7.06. The molecule has 2 fully saturated rings. The van der Waals surface area contributed by atoms with Gasteiger partial charge in [-0.2, -0.15) is 0 Å². The van der Waals surface area contributed by atoms with Gasteiger partial charge in [-0.1, -0.05) is 24.1 Å². The molecule has 22 heavy (non-hydrogen) atoms. The summed E-state index contributed by atoms with van der Waals surface area (Å²) in [5, 5.41) is 10.9. The van der Waals surface area contributed by atoms with Crippen LogP contribution in [0.2, 0.25) is 5.02 Å². The second-order valence-electron chi connectivity index (χ2n) is 6.44. The second-order valence-corrected chi connectivity index (χ2v) is 6.87. The van der Waals surface area contributed by atoms with E-state index in [2.05, 4.69) is 0 Å². The van der Waals surface area contributed by atoms with Gasteiger partial charge in [0.2, 0.25) is 0 Å². The molecule has 2 aliphatic rings. The molecule has 1 aliphatic heterocycles. The third-order valence-corrected chi connectivity index (χ3v) is 5.21. The molecule has 1 saturated carbocycles. The number of amides is 1. The van der Waals surface area contributed by atoms with E-state index >= 15 is 0 Å². The highest BCUT2D eigenvalue weighted by atomic mass is 35.5. The van der Waals surface area contributed by atoms with Crippen molar-refractivity contribution in [2.24, 2.45) is 5.41 Å². The van der Waals surface area contributed by atoms with E-state index in [1.54, 1.807) is 24.3 Å². The Bertz CT molecular complexity index is 550. The number of halogens is 1. The van der Waals surface area contributed by atoms with Gasteiger partial charge in [0.15, 0.2) is 6.61 Å². The average Bonchev–Trinajstić information content (AvgIpc) is 2.85. The topological polar surface area (TPSA) is 49.8 Å². The van der Waals surface area contributed by atoms with Crippen LogP contribution in [0.3, 0.4) is 0 Å². The summed E-state index contributed by atoms with van der Waals surface area (Å²) in [4.78, 5) is 14.2. The molecule has 1 aromatic rings. The number of aliphatic hydroxyl groups is 1. The van der Waals surface area contributed by atoms with Gasteiger partial charge >= 0.3 is 0 Å². The summed E-state index contributed by atoms with van der Waals surface area (Å²) >= 11 is 5.90. The van der Waals surface area contributed by atoms with Crippen molar-refractivity contribution in [2.45, 2.75) is 38.2 Å². The van der Waals surface area contributed by atoms with E-state index in [-0.39, 0.29) is 24.0 Å². The van der Waals surface area contributed by atoms with Crippen LogP contribution in [0.15, 0.2) is 24.3 Å². The number of likely N-dealkylation sites (tertiary alicyclic amines) is 1. The number of piperidine rings is 1. The van der Waals surface area contributed by atoms with Crippen molar-refractivity contribution in [3.63, 3.8) is 0 Å². The van der Waals surface area contributed by atoms with Crippen LogP contribution in [0.5, 0.6) is 5.75 Å². The average molecular weight is 324 g/mol. The van der Waals surface area contributed by atoms with Gasteiger partial charge in [0, 0.05) is 23.5 Å². The fraction of sp³-hybridized carbons (Fsp3) is 0.588. The first-order valence-electron chi connectivity index (χ1n) is 7.93. The molecule has 1 aromatic carbocycles. The molecule has 1 N–H and O–H groups in total. The van der Waals surface area contributed by atoms with Gasteiger partial charge in [-0.25, -0.2) is 0 Å². The normalized spacial score (nSPS) is 28.1. The Kier molecular flexibility index (Phi) is 4.59. The van der Waals surface area contributed by atoms with Crippen LogP contribution in [0.25, 0.3) is 0 Å². The highest BCUT2D eigenvalue weighted by Crippen LogP contribution is 2.44. The van der Waals surface area contributed by atoms with Gasteiger partial charge < -0.3 is 14.7 Å². The summed E-state index contributed by atoms with van der Waals surface area (Å²) in [6.07, 6.45) is 4.65. The third kappa shape index (κ3) is 3.23. The van der Waals surface area contributed by atoms with Crippen LogP contribution < -0.4 is 4.74 Å². The number of rotatable bonds is 3. The van der Waals surface area contributed by atoms with E-state index in [0.717, 1.165) is 38.6 Å². The molecule has 1 amide bonds. The van der Waals surface area contributed by atoms with Crippen molar-refractivity contribution < 1.29 is 14.6 Å². The standard InChI is InChI=1S/C17H22ClNO3/c18-13-4-1-5-14(10-13)22-11-16(21)19-9-3-8-17(12-19)7-2-6-15(17)20/h1,4-5,10,15,20H,2-3,6-9,11-12H2/t15-,17+/m1/s1. The predicted molar refractivity (Wildman–Crippen MR) is 85.1 cm³/mol. The summed E-state index contributed by atoms with van der Waals surface area (Å²) in [7, 11) is 0. The quantitative estimate of drug-likeness (QED) is 0.930. The summed E-state index contributed by atoms with van der Waals surface area (Å²) in [5.41, 5.74) is -0.0794. The van der Waals surface area contributed by atoms with Crippen molar-refractivity contribution in [1.29, 1.82) is 0 Å². The Labute approximate surface area is 136 Å². The second kappa shape index (κ2) is 6.47. The molecule has 1 spiro atoms. The fourth-order valence-corrected chi connectivity index (χ4v) is 3.94. The molecule has 3 rings (SSSR count).